The van der Waals surface area contributed by atoms with Crippen LogP contribution in [0.2, 0.25) is 5.02 Å². The van der Waals surface area contributed by atoms with Gasteiger partial charge in [-0.25, -0.2) is 9.78 Å². The van der Waals surface area contributed by atoms with Gasteiger partial charge in [-0.05, 0) is 37.7 Å². The molecule has 2 heterocycles. The van der Waals surface area contributed by atoms with Gasteiger partial charge in [-0.2, -0.15) is 0 Å². The van der Waals surface area contributed by atoms with E-state index in [4.69, 9.17) is 11.6 Å². The summed E-state index contributed by atoms with van der Waals surface area (Å²) in [6.45, 7) is 1.86. The average molecular weight is 306 g/mol. The lowest BCUT2D eigenvalue weighted by atomic mass is 10.1. The van der Waals surface area contributed by atoms with Gasteiger partial charge in [-0.15, -0.1) is 0 Å². The number of likely N-dealkylation sites (N-methyl/N-ethyl adjacent to an activating group) is 1. The maximum Gasteiger partial charge on any atom is 0.337 e. The van der Waals surface area contributed by atoms with E-state index in [9.17, 15) is 9.90 Å². The van der Waals surface area contributed by atoms with E-state index in [1.807, 2.05) is 13.1 Å². The normalized spacial score (nSPS) is 18.4. The van der Waals surface area contributed by atoms with E-state index in [1.165, 1.54) is 0 Å². The predicted molar refractivity (Wildman–Crippen MR) is 83.4 cm³/mol. The van der Waals surface area contributed by atoms with Crippen molar-refractivity contribution in [3.63, 3.8) is 0 Å². The molecule has 1 aliphatic rings. The molecule has 21 heavy (non-hydrogen) atoms. The fourth-order valence-corrected chi connectivity index (χ4v) is 3.01. The molecule has 0 amide bonds. The van der Waals surface area contributed by atoms with Gasteiger partial charge in [0.15, 0.2) is 0 Å². The molecule has 2 N–H and O–H groups in total. The summed E-state index contributed by atoms with van der Waals surface area (Å²) in [7, 11) is 1.96. The molecule has 0 bridgehead atoms. The first kappa shape index (κ1) is 14.1. The number of hydrogen-bond donors (Lipinski definition) is 2. The van der Waals surface area contributed by atoms with Crippen molar-refractivity contribution in [1.82, 2.24) is 10.3 Å². The third-order valence-corrected chi connectivity index (χ3v) is 4.26. The zero-order valence-electron chi connectivity index (χ0n) is 11.6. The molecule has 0 spiro atoms. The number of carbonyl (C=O) groups is 1. The summed E-state index contributed by atoms with van der Waals surface area (Å²) in [5.74, 6) is -0.157. The topological polar surface area (TPSA) is 65.5 Å². The summed E-state index contributed by atoms with van der Waals surface area (Å²) in [6, 6.07) is 7.48. The summed E-state index contributed by atoms with van der Waals surface area (Å²) in [5.41, 5.74) is 0.768. The molecule has 0 saturated carbocycles. The second kappa shape index (κ2) is 5.50. The van der Waals surface area contributed by atoms with Gasteiger partial charge in [-0.1, -0.05) is 11.6 Å². The number of rotatable bonds is 3. The number of aromatic nitrogens is 1. The fourth-order valence-electron chi connectivity index (χ4n) is 2.76. The SMILES string of the molecule is CNC1CCN(c2ccc3c(C(=O)O)c(Cl)ccc3n2)C1. The van der Waals surface area contributed by atoms with E-state index < -0.39 is 5.97 Å². The Bertz CT molecular complexity index is 705. The number of nitrogens with zero attached hydrogens (tertiary/aromatic N) is 2. The Morgan fingerprint density at radius 2 is 2.24 bits per heavy atom. The highest BCUT2D eigenvalue weighted by Crippen LogP contribution is 2.28. The maximum atomic E-state index is 11.3. The van der Waals surface area contributed by atoms with Gasteiger partial charge in [-0.3, -0.25) is 0 Å². The van der Waals surface area contributed by atoms with Gasteiger partial charge >= 0.3 is 5.97 Å². The number of carboxylic acids is 1. The minimum atomic E-state index is -1.03. The van der Waals surface area contributed by atoms with Crippen LogP contribution in [-0.2, 0) is 0 Å². The molecule has 1 fully saturated rings. The molecule has 0 radical (unpaired) electrons. The molecule has 6 heteroatoms. The van der Waals surface area contributed by atoms with Crippen LogP contribution in [0.1, 0.15) is 16.8 Å². The first-order valence-electron chi connectivity index (χ1n) is 6.85. The number of benzene rings is 1. The molecule has 3 rings (SSSR count). The lowest BCUT2D eigenvalue weighted by Gasteiger charge is -2.18. The lowest BCUT2D eigenvalue weighted by molar-refractivity contribution is 0.0699. The Morgan fingerprint density at radius 1 is 1.43 bits per heavy atom. The number of carboxylic acid groups (broad SMARTS) is 1. The average Bonchev–Trinajstić information content (AvgIpc) is 2.95. The monoisotopic (exact) mass is 305 g/mol. The van der Waals surface area contributed by atoms with E-state index in [0.29, 0.717) is 16.9 Å². The molecule has 1 unspecified atom stereocenters. The highest BCUT2D eigenvalue weighted by Gasteiger charge is 2.22. The van der Waals surface area contributed by atoms with Gasteiger partial charge in [0, 0.05) is 24.5 Å². The van der Waals surface area contributed by atoms with Crippen molar-refractivity contribution < 1.29 is 9.90 Å². The van der Waals surface area contributed by atoms with E-state index in [1.54, 1.807) is 18.2 Å². The molecule has 2 aromatic rings. The molecule has 1 atom stereocenters. The first-order valence-corrected chi connectivity index (χ1v) is 7.22. The van der Waals surface area contributed by atoms with Crippen molar-refractivity contribution in [2.75, 3.05) is 25.0 Å². The van der Waals surface area contributed by atoms with E-state index in [-0.39, 0.29) is 10.6 Å². The van der Waals surface area contributed by atoms with Crippen LogP contribution in [0.25, 0.3) is 10.9 Å². The Balaban J connectivity index is 2.02. The standard InChI is InChI=1S/C15H16ClN3O2/c1-17-9-6-7-19(8-9)13-5-2-10-12(18-13)4-3-11(16)14(10)15(20)21/h2-5,9,17H,6-8H2,1H3,(H,20,21). The lowest BCUT2D eigenvalue weighted by Crippen LogP contribution is -2.29. The molecular weight excluding hydrogens is 290 g/mol. The Morgan fingerprint density at radius 3 is 2.90 bits per heavy atom. The van der Waals surface area contributed by atoms with Crippen LogP contribution < -0.4 is 10.2 Å². The third-order valence-electron chi connectivity index (χ3n) is 3.94. The minimum absolute atomic E-state index is 0.114. The van der Waals surface area contributed by atoms with Gasteiger partial charge < -0.3 is 15.3 Å². The molecule has 1 aromatic carbocycles. The van der Waals surface area contributed by atoms with Gasteiger partial charge in [0.25, 0.3) is 0 Å². The zero-order valence-corrected chi connectivity index (χ0v) is 12.4. The van der Waals surface area contributed by atoms with Crippen molar-refractivity contribution in [3.05, 3.63) is 34.9 Å². The third kappa shape index (κ3) is 2.54. The molecule has 1 aromatic heterocycles. The second-order valence-electron chi connectivity index (χ2n) is 5.18. The highest BCUT2D eigenvalue weighted by atomic mass is 35.5. The molecule has 1 saturated heterocycles. The molecule has 0 aliphatic carbocycles. The summed E-state index contributed by atoms with van der Waals surface area (Å²) in [5, 5.41) is 13.4. The number of fused-ring (bicyclic) bond motifs is 1. The number of pyridine rings is 1. The maximum absolute atomic E-state index is 11.3. The minimum Gasteiger partial charge on any atom is -0.478 e. The second-order valence-corrected chi connectivity index (χ2v) is 5.59. The van der Waals surface area contributed by atoms with Crippen LogP contribution in [0, 0.1) is 0 Å². The number of halogens is 1. The van der Waals surface area contributed by atoms with E-state index in [2.05, 4.69) is 15.2 Å². The quantitative estimate of drug-likeness (QED) is 0.911. The van der Waals surface area contributed by atoms with Gasteiger partial charge in [0.05, 0.1) is 16.1 Å². The van der Waals surface area contributed by atoms with Crippen LogP contribution in [0.4, 0.5) is 5.82 Å². The van der Waals surface area contributed by atoms with Gasteiger partial charge in [0.2, 0.25) is 0 Å². The van der Waals surface area contributed by atoms with E-state index in [0.717, 1.165) is 25.3 Å². The van der Waals surface area contributed by atoms with Crippen LogP contribution in [0.3, 0.4) is 0 Å². The first-order chi connectivity index (χ1) is 10.1. The van der Waals surface area contributed by atoms with Gasteiger partial charge in [0.1, 0.15) is 5.82 Å². The molecule has 1 aliphatic heterocycles. The number of hydrogen-bond acceptors (Lipinski definition) is 4. The summed E-state index contributed by atoms with van der Waals surface area (Å²) in [6.07, 6.45) is 1.08. The largest absolute Gasteiger partial charge is 0.478 e. The fraction of sp³-hybridized carbons (Fsp3) is 0.333. The van der Waals surface area contributed by atoms with Crippen LogP contribution in [0.5, 0.6) is 0 Å². The van der Waals surface area contributed by atoms with Crippen molar-refractivity contribution in [2.24, 2.45) is 0 Å². The summed E-state index contributed by atoms with van der Waals surface area (Å²) < 4.78 is 0. The summed E-state index contributed by atoms with van der Waals surface area (Å²) >= 11 is 5.98. The number of nitrogens with one attached hydrogen (secondary N) is 1. The highest BCUT2D eigenvalue weighted by molar-refractivity contribution is 6.35. The smallest absolute Gasteiger partial charge is 0.337 e. The van der Waals surface area contributed by atoms with Crippen LogP contribution in [-0.4, -0.2) is 42.2 Å². The molecule has 5 nitrogen and oxygen atoms in total. The Kier molecular flexibility index (Phi) is 3.69. The van der Waals surface area contributed by atoms with Crippen molar-refractivity contribution in [1.29, 1.82) is 0 Å². The molecule has 110 valence electrons. The zero-order chi connectivity index (χ0) is 15.0. The van der Waals surface area contributed by atoms with E-state index >= 15 is 0 Å². The van der Waals surface area contributed by atoms with Crippen LogP contribution >= 0.6 is 11.6 Å². The summed E-state index contributed by atoms with van der Waals surface area (Å²) in [4.78, 5) is 18.1. The van der Waals surface area contributed by atoms with Crippen molar-refractivity contribution in [3.8, 4) is 0 Å². The number of aromatic carboxylic acids is 1. The van der Waals surface area contributed by atoms with Crippen molar-refractivity contribution >= 4 is 34.3 Å². The van der Waals surface area contributed by atoms with Crippen LogP contribution in [0.15, 0.2) is 24.3 Å². The molecular formula is C15H16ClN3O2. The number of anilines is 1. The Labute approximate surface area is 127 Å². The Hall–Kier alpha value is -1.85. The van der Waals surface area contributed by atoms with Crippen molar-refractivity contribution in [2.45, 2.75) is 12.5 Å². The predicted octanol–water partition coefficient (Wildman–Crippen LogP) is 2.38.